The van der Waals surface area contributed by atoms with E-state index in [4.69, 9.17) is 0 Å². The van der Waals surface area contributed by atoms with E-state index in [1.165, 1.54) is 31.6 Å². The molecular formula is C9H17NS. The zero-order valence-electron chi connectivity index (χ0n) is 7.18. The molecule has 1 nitrogen and oxygen atoms in total. The van der Waals surface area contributed by atoms with Gasteiger partial charge in [0.15, 0.2) is 0 Å². The quantitative estimate of drug-likeness (QED) is 0.502. The minimum atomic E-state index is 0.747. The van der Waals surface area contributed by atoms with Crippen LogP contribution in [0.25, 0.3) is 0 Å². The minimum Gasteiger partial charge on any atom is -0.313 e. The number of hydrogen-bond donors (Lipinski definition) is 1. The van der Waals surface area contributed by atoms with Crippen LogP contribution in [0.5, 0.6) is 0 Å². The normalized spacial score (nSPS) is 17.9. The minimum absolute atomic E-state index is 0.747. The molecule has 0 heterocycles. The third-order valence-electron chi connectivity index (χ3n) is 1.97. The maximum absolute atomic E-state index is 3.54. The molecule has 0 aliphatic heterocycles. The zero-order chi connectivity index (χ0) is 7.94. The Hall–Kier alpha value is 0.0500. The summed E-state index contributed by atoms with van der Waals surface area (Å²) in [6.07, 6.45) is 10.5. The summed E-state index contributed by atoms with van der Waals surface area (Å²) >= 11 is 1.93. The molecule has 1 N–H and O–H groups in total. The van der Waals surface area contributed by atoms with Crippen LogP contribution in [-0.4, -0.2) is 24.6 Å². The number of rotatable bonds is 5. The Kier molecular flexibility index (Phi) is 4.71. The first-order chi connectivity index (χ1) is 5.43. The molecule has 0 unspecified atom stereocenters. The summed E-state index contributed by atoms with van der Waals surface area (Å²) in [4.78, 5) is 0. The highest BCUT2D eigenvalue weighted by Crippen LogP contribution is 2.08. The van der Waals surface area contributed by atoms with E-state index >= 15 is 0 Å². The monoisotopic (exact) mass is 171 g/mol. The van der Waals surface area contributed by atoms with Crippen molar-refractivity contribution in [2.24, 2.45) is 0 Å². The Labute approximate surface area is 73.6 Å². The fourth-order valence-electron chi connectivity index (χ4n) is 1.31. The third-order valence-corrected chi connectivity index (χ3v) is 2.66. The van der Waals surface area contributed by atoms with E-state index in [1.807, 2.05) is 11.8 Å². The SMILES string of the molecule is CSCCCNC1CC=CC1. The van der Waals surface area contributed by atoms with E-state index < -0.39 is 0 Å². The second kappa shape index (κ2) is 5.67. The molecule has 0 aromatic heterocycles. The molecule has 64 valence electrons. The highest BCUT2D eigenvalue weighted by molar-refractivity contribution is 7.98. The van der Waals surface area contributed by atoms with Gasteiger partial charge in [-0.05, 0) is 37.8 Å². The Morgan fingerprint density at radius 2 is 2.18 bits per heavy atom. The molecule has 11 heavy (non-hydrogen) atoms. The number of nitrogens with one attached hydrogen (secondary N) is 1. The molecule has 1 rings (SSSR count). The number of hydrogen-bond acceptors (Lipinski definition) is 2. The van der Waals surface area contributed by atoms with Crippen molar-refractivity contribution in [3.8, 4) is 0 Å². The van der Waals surface area contributed by atoms with Crippen molar-refractivity contribution < 1.29 is 0 Å². The van der Waals surface area contributed by atoms with Gasteiger partial charge in [0.2, 0.25) is 0 Å². The van der Waals surface area contributed by atoms with E-state index in [0.29, 0.717) is 0 Å². The topological polar surface area (TPSA) is 12.0 Å². The average molecular weight is 171 g/mol. The predicted molar refractivity (Wildman–Crippen MR) is 53.2 cm³/mol. The van der Waals surface area contributed by atoms with Gasteiger partial charge in [-0.2, -0.15) is 11.8 Å². The fraction of sp³-hybridized carbons (Fsp3) is 0.778. The van der Waals surface area contributed by atoms with E-state index in [1.54, 1.807) is 0 Å². The molecule has 0 amide bonds. The van der Waals surface area contributed by atoms with Crippen LogP contribution in [0, 0.1) is 0 Å². The fourth-order valence-corrected chi connectivity index (χ4v) is 1.74. The summed E-state index contributed by atoms with van der Waals surface area (Å²) in [7, 11) is 0. The van der Waals surface area contributed by atoms with Gasteiger partial charge in [0.25, 0.3) is 0 Å². The van der Waals surface area contributed by atoms with E-state index in [-0.39, 0.29) is 0 Å². The Bertz CT molecular complexity index is 115. The molecule has 0 saturated carbocycles. The van der Waals surface area contributed by atoms with Crippen molar-refractivity contribution in [2.75, 3.05) is 18.6 Å². The lowest BCUT2D eigenvalue weighted by Crippen LogP contribution is -2.27. The van der Waals surface area contributed by atoms with Crippen molar-refractivity contribution in [1.29, 1.82) is 0 Å². The summed E-state index contributed by atoms with van der Waals surface area (Å²) in [5.41, 5.74) is 0. The smallest absolute Gasteiger partial charge is 0.0136 e. The second-order valence-electron chi connectivity index (χ2n) is 2.94. The van der Waals surface area contributed by atoms with Crippen molar-refractivity contribution >= 4 is 11.8 Å². The highest BCUT2D eigenvalue weighted by atomic mass is 32.2. The average Bonchev–Trinajstić information content (AvgIpc) is 2.50. The van der Waals surface area contributed by atoms with E-state index in [9.17, 15) is 0 Å². The summed E-state index contributed by atoms with van der Waals surface area (Å²) in [6.45, 7) is 1.19. The van der Waals surface area contributed by atoms with Gasteiger partial charge in [0, 0.05) is 6.04 Å². The Morgan fingerprint density at radius 3 is 2.82 bits per heavy atom. The molecular weight excluding hydrogens is 154 g/mol. The van der Waals surface area contributed by atoms with Crippen molar-refractivity contribution in [3.63, 3.8) is 0 Å². The first kappa shape index (κ1) is 9.14. The van der Waals surface area contributed by atoms with Gasteiger partial charge in [-0.15, -0.1) is 0 Å². The third kappa shape index (κ3) is 3.82. The van der Waals surface area contributed by atoms with Gasteiger partial charge in [-0.1, -0.05) is 12.2 Å². The van der Waals surface area contributed by atoms with Gasteiger partial charge in [0.05, 0.1) is 0 Å². The van der Waals surface area contributed by atoms with Crippen LogP contribution in [0.3, 0.4) is 0 Å². The Morgan fingerprint density at radius 1 is 1.45 bits per heavy atom. The molecule has 1 aliphatic carbocycles. The van der Waals surface area contributed by atoms with Crippen LogP contribution in [0.2, 0.25) is 0 Å². The lowest BCUT2D eigenvalue weighted by Gasteiger charge is -2.10. The molecule has 0 spiro atoms. The molecule has 0 aromatic rings. The van der Waals surface area contributed by atoms with Gasteiger partial charge in [0.1, 0.15) is 0 Å². The lowest BCUT2D eigenvalue weighted by molar-refractivity contribution is 0.538. The van der Waals surface area contributed by atoms with Crippen LogP contribution >= 0.6 is 11.8 Å². The van der Waals surface area contributed by atoms with Crippen molar-refractivity contribution in [2.45, 2.75) is 25.3 Å². The Balaban J connectivity index is 1.87. The second-order valence-corrected chi connectivity index (χ2v) is 3.93. The van der Waals surface area contributed by atoms with Gasteiger partial charge in [-0.3, -0.25) is 0 Å². The first-order valence-electron chi connectivity index (χ1n) is 4.31. The van der Waals surface area contributed by atoms with Crippen LogP contribution < -0.4 is 5.32 Å². The maximum atomic E-state index is 3.54. The maximum Gasteiger partial charge on any atom is 0.0136 e. The molecule has 2 heteroatoms. The molecule has 1 aliphatic rings. The summed E-state index contributed by atoms with van der Waals surface area (Å²) in [5.74, 6) is 1.28. The lowest BCUT2D eigenvalue weighted by atomic mass is 10.2. The van der Waals surface area contributed by atoms with Crippen molar-refractivity contribution in [1.82, 2.24) is 5.32 Å². The highest BCUT2D eigenvalue weighted by Gasteiger charge is 2.07. The van der Waals surface area contributed by atoms with Crippen LogP contribution in [0.4, 0.5) is 0 Å². The standard InChI is InChI=1S/C9H17NS/c1-11-8-4-7-10-9-5-2-3-6-9/h2-3,9-10H,4-8H2,1H3. The molecule has 0 atom stereocenters. The molecule has 0 radical (unpaired) electrons. The zero-order valence-corrected chi connectivity index (χ0v) is 7.99. The van der Waals surface area contributed by atoms with E-state index in [0.717, 1.165) is 6.04 Å². The van der Waals surface area contributed by atoms with Crippen LogP contribution in [0.15, 0.2) is 12.2 Å². The first-order valence-corrected chi connectivity index (χ1v) is 5.70. The van der Waals surface area contributed by atoms with Gasteiger partial charge >= 0.3 is 0 Å². The molecule has 0 saturated heterocycles. The predicted octanol–water partition coefficient (Wildman–Crippen LogP) is 2.05. The largest absolute Gasteiger partial charge is 0.313 e. The van der Waals surface area contributed by atoms with Gasteiger partial charge < -0.3 is 5.32 Å². The molecule has 0 bridgehead atoms. The summed E-state index contributed by atoms with van der Waals surface area (Å²) in [6, 6.07) is 0.747. The van der Waals surface area contributed by atoms with Gasteiger partial charge in [-0.25, -0.2) is 0 Å². The molecule has 0 fully saturated rings. The van der Waals surface area contributed by atoms with E-state index in [2.05, 4.69) is 23.7 Å². The van der Waals surface area contributed by atoms with Crippen molar-refractivity contribution in [3.05, 3.63) is 12.2 Å². The summed E-state index contributed by atoms with van der Waals surface area (Å²) < 4.78 is 0. The summed E-state index contributed by atoms with van der Waals surface area (Å²) in [5, 5.41) is 3.54. The molecule has 0 aromatic carbocycles. The number of thioether (sulfide) groups is 1. The van der Waals surface area contributed by atoms with Crippen LogP contribution in [-0.2, 0) is 0 Å². The van der Waals surface area contributed by atoms with Crippen LogP contribution in [0.1, 0.15) is 19.3 Å².